The van der Waals surface area contributed by atoms with Crippen molar-refractivity contribution in [2.45, 2.75) is 24.8 Å². The fraction of sp³-hybridized carbons (Fsp3) is 0.211. The van der Waals surface area contributed by atoms with Gasteiger partial charge in [-0.25, -0.2) is 9.80 Å². The zero-order valence-electron chi connectivity index (χ0n) is 15.9. The molecule has 3 rings (SSSR count). The van der Waals surface area contributed by atoms with Crippen molar-refractivity contribution >= 4 is 73.8 Å². The first-order valence-electron chi connectivity index (χ1n) is 8.68. The van der Waals surface area contributed by atoms with E-state index < -0.39 is 16.9 Å². The van der Waals surface area contributed by atoms with Crippen molar-refractivity contribution in [2.24, 2.45) is 5.10 Å². The molecule has 1 unspecified atom stereocenters. The number of phenolic OH excluding ortho intramolecular Hbond substituents is 1. The zero-order chi connectivity index (χ0) is 22.1. The summed E-state index contributed by atoms with van der Waals surface area (Å²) in [4.78, 5) is 12.7. The molecule has 0 saturated carbocycles. The number of hydroxylamine groups is 2. The second-order valence-electron chi connectivity index (χ2n) is 6.92. The molecule has 3 N–H and O–H groups in total. The average molecular weight is 530 g/mol. The number of hydrogen-bond acceptors (Lipinski definition) is 6. The Morgan fingerprint density at radius 2 is 2.03 bits per heavy atom. The van der Waals surface area contributed by atoms with Gasteiger partial charge in [-0.05, 0) is 56.3 Å². The molecule has 0 radical (unpaired) electrons. The Bertz CT molecular complexity index is 1000. The van der Waals surface area contributed by atoms with Gasteiger partial charge in [0.05, 0.1) is 11.0 Å². The van der Waals surface area contributed by atoms with Crippen LogP contribution in [0.5, 0.6) is 5.75 Å². The van der Waals surface area contributed by atoms with Gasteiger partial charge in [-0.15, -0.1) is 0 Å². The number of benzene rings is 2. The number of aromatic hydroxyl groups is 1. The number of nitrogens with zero attached hydrogens (tertiary/aromatic N) is 3. The lowest BCUT2D eigenvalue weighted by Crippen LogP contribution is -2.54. The number of phenols is 1. The third-order valence-corrected chi connectivity index (χ3v) is 6.52. The van der Waals surface area contributed by atoms with Crippen LogP contribution in [0.3, 0.4) is 0 Å². The smallest absolute Gasteiger partial charge is 0.347 e. The van der Waals surface area contributed by atoms with Crippen LogP contribution >= 0.6 is 51.5 Å². The molecular formula is C19H18BrClN4O3S2. The van der Waals surface area contributed by atoms with E-state index in [1.165, 1.54) is 29.1 Å². The van der Waals surface area contributed by atoms with Crippen LogP contribution in [0, 0.1) is 0 Å². The predicted octanol–water partition coefficient (Wildman–Crippen LogP) is 5.50. The van der Waals surface area contributed by atoms with Crippen molar-refractivity contribution in [2.75, 3.05) is 5.32 Å². The van der Waals surface area contributed by atoms with Crippen molar-refractivity contribution in [3.05, 3.63) is 57.5 Å². The van der Waals surface area contributed by atoms with Gasteiger partial charge in [0.1, 0.15) is 5.75 Å². The second kappa shape index (κ2) is 9.11. The molecule has 158 valence electrons. The molecule has 1 aliphatic heterocycles. The van der Waals surface area contributed by atoms with Gasteiger partial charge in [-0.3, -0.25) is 5.21 Å². The van der Waals surface area contributed by atoms with E-state index in [0.717, 1.165) is 4.47 Å². The van der Waals surface area contributed by atoms with Gasteiger partial charge in [0.15, 0.2) is 10.5 Å². The van der Waals surface area contributed by atoms with Crippen LogP contribution < -0.4 is 5.32 Å². The van der Waals surface area contributed by atoms with Crippen LogP contribution in [-0.2, 0) is 0 Å². The number of carbonyl (C=O) groups is 1. The zero-order valence-corrected chi connectivity index (χ0v) is 19.9. The van der Waals surface area contributed by atoms with E-state index in [1.807, 2.05) is 13.8 Å². The maximum atomic E-state index is 12.7. The van der Waals surface area contributed by atoms with E-state index in [2.05, 4.69) is 26.3 Å². The summed E-state index contributed by atoms with van der Waals surface area (Å²) in [6, 6.07) is 10.7. The summed E-state index contributed by atoms with van der Waals surface area (Å²) in [6.45, 7) is 3.69. The fourth-order valence-corrected chi connectivity index (χ4v) is 5.10. The summed E-state index contributed by atoms with van der Waals surface area (Å²) in [5.41, 5.74) is 0.930. The molecule has 0 aromatic heterocycles. The number of halogens is 2. The normalized spacial score (nSPS) is 18.1. The largest absolute Gasteiger partial charge is 0.507 e. The van der Waals surface area contributed by atoms with Crippen LogP contribution in [0.25, 0.3) is 0 Å². The number of thioether (sulfide) groups is 1. The van der Waals surface area contributed by atoms with Gasteiger partial charge in [0.2, 0.25) is 0 Å². The number of urea groups is 1. The molecule has 30 heavy (non-hydrogen) atoms. The molecule has 2 aromatic rings. The molecule has 1 heterocycles. The van der Waals surface area contributed by atoms with E-state index in [0.29, 0.717) is 25.7 Å². The van der Waals surface area contributed by atoms with E-state index >= 15 is 0 Å². The summed E-state index contributed by atoms with van der Waals surface area (Å²) in [7, 11) is 0. The first kappa shape index (κ1) is 22.8. The molecule has 1 fully saturated rings. The minimum absolute atomic E-state index is 0.0388. The van der Waals surface area contributed by atoms with E-state index in [1.54, 1.807) is 36.4 Å². The third kappa shape index (κ3) is 5.06. The average Bonchev–Trinajstić information content (AvgIpc) is 2.91. The maximum absolute atomic E-state index is 12.7. The molecular weight excluding hydrogens is 512 g/mol. The highest BCUT2D eigenvalue weighted by Crippen LogP contribution is 2.42. The van der Waals surface area contributed by atoms with Crippen molar-refractivity contribution in [1.29, 1.82) is 0 Å². The van der Waals surface area contributed by atoms with Gasteiger partial charge in [-0.2, -0.15) is 10.2 Å². The Balaban J connectivity index is 1.84. The molecule has 11 heteroatoms. The summed E-state index contributed by atoms with van der Waals surface area (Å²) in [6.07, 6.45) is 0.541. The standard InChI is InChI=1S/C19H18BrClN4O3S2/c1-19(2)16(25(28)17(27)23-14-6-4-13(21)5-7-14)24(18(29)30-19)22-10-11-9-12(20)3-8-15(11)26/h3-10,16,26,28H,1-2H3,(H,23,27). The Morgan fingerprint density at radius 3 is 2.70 bits per heavy atom. The highest BCUT2D eigenvalue weighted by molar-refractivity contribution is 9.10. The summed E-state index contributed by atoms with van der Waals surface area (Å²) in [5, 5.41) is 30.2. The second-order valence-corrected chi connectivity index (χ2v) is 10.6. The highest BCUT2D eigenvalue weighted by Gasteiger charge is 2.50. The number of amides is 2. The fourth-order valence-electron chi connectivity index (χ4n) is 2.81. The van der Waals surface area contributed by atoms with Crippen LogP contribution in [0.15, 0.2) is 52.0 Å². The topological polar surface area (TPSA) is 88.4 Å². The van der Waals surface area contributed by atoms with Gasteiger partial charge in [0, 0.05) is 20.7 Å². The van der Waals surface area contributed by atoms with Gasteiger partial charge in [0.25, 0.3) is 0 Å². The van der Waals surface area contributed by atoms with Crippen molar-refractivity contribution in [3.63, 3.8) is 0 Å². The minimum atomic E-state index is -0.882. The number of nitrogens with one attached hydrogen (secondary N) is 1. The number of anilines is 1. The van der Waals surface area contributed by atoms with Crippen LogP contribution in [0.1, 0.15) is 19.4 Å². The van der Waals surface area contributed by atoms with Crippen LogP contribution in [0.2, 0.25) is 5.02 Å². The van der Waals surface area contributed by atoms with E-state index in [-0.39, 0.29) is 5.75 Å². The summed E-state index contributed by atoms with van der Waals surface area (Å²) >= 11 is 15.9. The Hall–Kier alpha value is -1.85. The summed E-state index contributed by atoms with van der Waals surface area (Å²) < 4.78 is 0.497. The first-order chi connectivity index (χ1) is 14.1. The van der Waals surface area contributed by atoms with E-state index in [9.17, 15) is 15.1 Å². The van der Waals surface area contributed by atoms with Gasteiger partial charge in [-0.1, -0.05) is 51.5 Å². The van der Waals surface area contributed by atoms with Crippen molar-refractivity contribution in [3.8, 4) is 5.75 Å². The Labute approximate surface area is 196 Å². The molecule has 7 nitrogen and oxygen atoms in total. The predicted molar refractivity (Wildman–Crippen MR) is 127 cm³/mol. The van der Waals surface area contributed by atoms with Crippen LogP contribution in [-0.4, -0.2) is 47.9 Å². The molecule has 0 spiro atoms. The van der Waals surface area contributed by atoms with Gasteiger partial charge < -0.3 is 10.4 Å². The molecule has 2 amide bonds. The number of rotatable bonds is 4. The molecule has 0 bridgehead atoms. The highest BCUT2D eigenvalue weighted by atomic mass is 79.9. The molecule has 1 aliphatic rings. The quantitative estimate of drug-likeness (QED) is 0.210. The molecule has 1 saturated heterocycles. The Kier molecular flexibility index (Phi) is 6.93. The minimum Gasteiger partial charge on any atom is -0.507 e. The monoisotopic (exact) mass is 528 g/mol. The molecule has 1 atom stereocenters. The number of thiocarbonyl (C=S) groups is 1. The number of hydrogen-bond donors (Lipinski definition) is 3. The van der Waals surface area contributed by atoms with Crippen molar-refractivity contribution < 1.29 is 15.1 Å². The first-order valence-corrected chi connectivity index (χ1v) is 11.1. The van der Waals surface area contributed by atoms with Gasteiger partial charge >= 0.3 is 6.03 Å². The lowest BCUT2D eigenvalue weighted by atomic mass is 10.1. The van der Waals surface area contributed by atoms with Crippen LogP contribution in [0.4, 0.5) is 10.5 Å². The number of hydrazone groups is 1. The third-order valence-electron chi connectivity index (χ3n) is 4.24. The lowest BCUT2D eigenvalue weighted by molar-refractivity contribution is -0.114. The summed E-state index contributed by atoms with van der Waals surface area (Å²) in [5.74, 6) is 0.0388. The maximum Gasteiger partial charge on any atom is 0.347 e. The SMILES string of the molecule is CC1(C)SC(=S)N(N=Cc2cc(Br)ccc2O)C1N(O)C(=O)Nc1ccc(Cl)cc1. The van der Waals surface area contributed by atoms with Crippen molar-refractivity contribution in [1.82, 2.24) is 10.1 Å². The lowest BCUT2D eigenvalue weighted by Gasteiger charge is -2.34. The van der Waals surface area contributed by atoms with E-state index in [4.69, 9.17) is 23.8 Å². The molecule has 0 aliphatic carbocycles. The Morgan fingerprint density at radius 1 is 1.37 bits per heavy atom. The number of carbonyl (C=O) groups excluding carboxylic acids is 1. The molecule has 2 aromatic carbocycles.